The van der Waals surface area contributed by atoms with E-state index in [1.807, 2.05) is 0 Å². The van der Waals surface area contributed by atoms with E-state index in [1.165, 1.54) is 25.0 Å². The van der Waals surface area contributed by atoms with Gasteiger partial charge in [-0.1, -0.05) is 19.8 Å². The van der Waals surface area contributed by atoms with Crippen molar-refractivity contribution in [2.45, 2.75) is 38.6 Å². The molecule has 0 aliphatic heterocycles. The summed E-state index contributed by atoms with van der Waals surface area (Å²) in [7, 11) is 0. The number of pyridine rings is 1. The number of nitrogens with zero attached hydrogens (tertiary/aromatic N) is 2. The molecule has 0 spiro atoms. The molecule has 0 aromatic carbocycles. The van der Waals surface area contributed by atoms with Gasteiger partial charge in [0.25, 0.3) is 5.69 Å². The summed E-state index contributed by atoms with van der Waals surface area (Å²) in [5.41, 5.74) is 2.33. The van der Waals surface area contributed by atoms with Crippen LogP contribution in [0.5, 0.6) is 0 Å². The normalized spacial score (nSPS) is 15.9. The fourth-order valence-electron chi connectivity index (χ4n) is 2.06. The maximum atomic E-state index is 10.8. The van der Waals surface area contributed by atoms with Crippen LogP contribution in [-0.4, -0.2) is 15.9 Å². The van der Waals surface area contributed by atoms with Crippen molar-refractivity contribution in [1.29, 1.82) is 0 Å². The van der Waals surface area contributed by atoms with Gasteiger partial charge in [0.2, 0.25) is 0 Å². The quantitative estimate of drug-likeness (QED) is 0.396. The average molecular weight is 265 g/mol. The number of hydrazine groups is 1. The molecule has 1 aliphatic carbocycles. The molecule has 1 aromatic heterocycles. The van der Waals surface area contributed by atoms with E-state index >= 15 is 0 Å². The minimum absolute atomic E-state index is 0.0216. The standard InChI is InChI=1S/C12H19N5O2/c1-2-9(5-8-3-4-8)14-11-6-10(17(18)19)7-12(15-11)16-13/h6-9H,2-5,13H2,1H3,(H2,14,15,16). The number of aromatic nitrogens is 1. The van der Waals surface area contributed by atoms with Crippen molar-refractivity contribution >= 4 is 17.3 Å². The fourth-order valence-corrected chi connectivity index (χ4v) is 2.06. The van der Waals surface area contributed by atoms with E-state index in [0.29, 0.717) is 11.9 Å². The van der Waals surface area contributed by atoms with Crippen LogP contribution in [0.2, 0.25) is 0 Å². The van der Waals surface area contributed by atoms with Crippen molar-refractivity contribution in [3.8, 4) is 0 Å². The first-order valence-electron chi connectivity index (χ1n) is 6.52. The summed E-state index contributed by atoms with van der Waals surface area (Å²) in [4.78, 5) is 14.6. The summed E-state index contributed by atoms with van der Waals surface area (Å²) in [5, 5.41) is 14.1. The molecule has 104 valence electrons. The largest absolute Gasteiger partial charge is 0.367 e. The first-order chi connectivity index (χ1) is 9.12. The molecule has 1 aromatic rings. The minimum atomic E-state index is -0.449. The highest BCUT2D eigenvalue weighted by atomic mass is 16.6. The number of hydrogen-bond acceptors (Lipinski definition) is 6. The van der Waals surface area contributed by atoms with Gasteiger partial charge < -0.3 is 10.7 Å². The Hall–Kier alpha value is -1.89. The zero-order valence-corrected chi connectivity index (χ0v) is 10.9. The number of nitrogens with two attached hydrogens (primary N) is 1. The van der Waals surface area contributed by atoms with E-state index in [9.17, 15) is 10.1 Å². The highest BCUT2D eigenvalue weighted by Gasteiger charge is 2.25. The average Bonchev–Trinajstić information content (AvgIpc) is 3.21. The van der Waals surface area contributed by atoms with E-state index < -0.39 is 4.92 Å². The Bertz CT molecular complexity index is 461. The van der Waals surface area contributed by atoms with Crippen molar-refractivity contribution in [3.63, 3.8) is 0 Å². The Morgan fingerprint density at radius 3 is 2.74 bits per heavy atom. The molecule has 19 heavy (non-hydrogen) atoms. The molecule has 1 aliphatic rings. The van der Waals surface area contributed by atoms with Gasteiger partial charge in [0, 0.05) is 6.04 Å². The van der Waals surface area contributed by atoms with Crippen molar-refractivity contribution < 1.29 is 4.92 Å². The van der Waals surface area contributed by atoms with Crippen LogP contribution in [0.1, 0.15) is 32.6 Å². The number of anilines is 2. The molecule has 0 saturated heterocycles. The van der Waals surface area contributed by atoms with Crippen LogP contribution in [0.15, 0.2) is 12.1 Å². The van der Waals surface area contributed by atoms with E-state index in [-0.39, 0.29) is 11.5 Å². The second-order valence-corrected chi connectivity index (χ2v) is 4.93. The molecular formula is C12H19N5O2. The number of nitrogen functional groups attached to an aromatic ring is 1. The Morgan fingerprint density at radius 2 is 2.21 bits per heavy atom. The molecule has 7 heteroatoms. The van der Waals surface area contributed by atoms with Gasteiger partial charge in [0.15, 0.2) is 0 Å². The van der Waals surface area contributed by atoms with Gasteiger partial charge in [0.05, 0.1) is 17.1 Å². The van der Waals surface area contributed by atoms with E-state index in [0.717, 1.165) is 18.8 Å². The summed E-state index contributed by atoms with van der Waals surface area (Å²) in [6.07, 6.45) is 4.63. The first-order valence-corrected chi connectivity index (χ1v) is 6.52. The van der Waals surface area contributed by atoms with Gasteiger partial charge >= 0.3 is 0 Å². The molecule has 4 N–H and O–H groups in total. The van der Waals surface area contributed by atoms with Crippen LogP contribution in [0.3, 0.4) is 0 Å². The lowest BCUT2D eigenvalue weighted by Crippen LogP contribution is -2.20. The summed E-state index contributed by atoms with van der Waals surface area (Å²) in [5.74, 6) is 6.86. The summed E-state index contributed by atoms with van der Waals surface area (Å²) in [6.45, 7) is 2.10. The van der Waals surface area contributed by atoms with Crippen LogP contribution >= 0.6 is 0 Å². The van der Waals surface area contributed by atoms with Gasteiger partial charge in [-0.25, -0.2) is 10.8 Å². The Kier molecular flexibility index (Phi) is 4.16. The smallest absolute Gasteiger partial charge is 0.276 e. The van der Waals surface area contributed by atoms with Gasteiger partial charge in [-0.15, -0.1) is 0 Å². The van der Waals surface area contributed by atoms with Crippen molar-refractivity contribution in [1.82, 2.24) is 4.98 Å². The zero-order chi connectivity index (χ0) is 13.8. The Morgan fingerprint density at radius 1 is 1.53 bits per heavy atom. The van der Waals surface area contributed by atoms with Crippen LogP contribution < -0.4 is 16.6 Å². The lowest BCUT2D eigenvalue weighted by molar-refractivity contribution is -0.384. The first kappa shape index (κ1) is 13.5. The SMILES string of the molecule is CCC(CC1CC1)Nc1cc([N+](=O)[O-])cc(NN)n1. The number of nitro groups is 1. The molecule has 0 radical (unpaired) electrons. The van der Waals surface area contributed by atoms with Crippen LogP contribution in [0.25, 0.3) is 0 Å². The molecule has 2 rings (SSSR count). The lowest BCUT2D eigenvalue weighted by Gasteiger charge is -2.17. The maximum absolute atomic E-state index is 10.8. The summed E-state index contributed by atoms with van der Waals surface area (Å²) in [6, 6.07) is 3.05. The zero-order valence-electron chi connectivity index (χ0n) is 10.9. The van der Waals surface area contributed by atoms with E-state index in [4.69, 9.17) is 5.84 Å². The summed E-state index contributed by atoms with van der Waals surface area (Å²) < 4.78 is 0. The minimum Gasteiger partial charge on any atom is -0.367 e. The van der Waals surface area contributed by atoms with E-state index in [2.05, 4.69) is 22.7 Å². The molecule has 0 bridgehead atoms. The van der Waals surface area contributed by atoms with Crippen LogP contribution in [-0.2, 0) is 0 Å². The highest BCUT2D eigenvalue weighted by Crippen LogP contribution is 2.35. The molecule has 1 saturated carbocycles. The lowest BCUT2D eigenvalue weighted by atomic mass is 10.1. The van der Waals surface area contributed by atoms with Crippen molar-refractivity contribution in [2.24, 2.45) is 11.8 Å². The molecule has 7 nitrogen and oxygen atoms in total. The monoisotopic (exact) mass is 265 g/mol. The predicted octanol–water partition coefficient (Wildman–Crippen LogP) is 2.27. The van der Waals surface area contributed by atoms with Gasteiger partial charge in [-0.05, 0) is 18.8 Å². The predicted molar refractivity (Wildman–Crippen MR) is 73.7 cm³/mol. The Balaban J connectivity index is 2.12. The third-order valence-corrected chi connectivity index (χ3v) is 3.33. The molecule has 0 amide bonds. The third-order valence-electron chi connectivity index (χ3n) is 3.33. The van der Waals surface area contributed by atoms with Gasteiger partial charge in [-0.3, -0.25) is 10.1 Å². The molecule has 1 unspecified atom stereocenters. The fraction of sp³-hybridized carbons (Fsp3) is 0.583. The number of nitrogens with one attached hydrogen (secondary N) is 2. The second-order valence-electron chi connectivity index (χ2n) is 4.93. The van der Waals surface area contributed by atoms with Crippen molar-refractivity contribution in [2.75, 3.05) is 10.7 Å². The maximum Gasteiger partial charge on any atom is 0.276 e. The van der Waals surface area contributed by atoms with Gasteiger partial charge in [0.1, 0.15) is 11.6 Å². The second kappa shape index (κ2) is 5.83. The molecule has 1 heterocycles. The third kappa shape index (κ3) is 3.78. The van der Waals surface area contributed by atoms with Crippen LogP contribution in [0.4, 0.5) is 17.3 Å². The number of hydrogen-bond donors (Lipinski definition) is 3. The van der Waals surface area contributed by atoms with Gasteiger partial charge in [-0.2, -0.15) is 0 Å². The molecular weight excluding hydrogens is 246 g/mol. The Labute approximate surface area is 111 Å². The van der Waals surface area contributed by atoms with Crippen molar-refractivity contribution in [3.05, 3.63) is 22.2 Å². The number of rotatable bonds is 7. The summed E-state index contributed by atoms with van der Waals surface area (Å²) >= 11 is 0. The topological polar surface area (TPSA) is 106 Å². The highest BCUT2D eigenvalue weighted by molar-refractivity contribution is 5.54. The van der Waals surface area contributed by atoms with E-state index in [1.54, 1.807) is 0 Å². The molecule has 1 atom stereocenters. The van der Waals surface area contributed by atoms with Crippen LogP contribution in [0, 0.1) is 16.0 Å². The molecule has 1 fully saturated rings.